The van der Waals surface area contributed by atoms with E-state index >= 15 is 0 Å². The summed E-state index contributed by atoms with van der Waals surface area (Å²) in [5, 5.41) is 9.70. The fourth-order valence-electron chi connectivity index (χ4n) is 2.71. The molecule has 3 aromatic rings. The second-order valence-corrected chi connectivity index (χ2v) is 5.19. The lowest BCUT2D eigenvalue weighted by atomic mass is 10.1. The number of carboxylic acids is 1. The molecule has 22 heavy (non-hydrogen) atoms. The van der Waals surface area contributed by atoms with Gasteiger partial charge in [-0.2, -0.15) is 0 Å². The van der Waals surface area contributed by atoms with Crippen LogP contribution in [0.25, 0.3) is 10.9 Å². The van der Waals surface area contributed by atoms with Gasteiger partial charge in [-0.1, -0.05) is 12.1 Å². The van der Waals surface area contributed by atoms with Crippen LogP contribution in [0.4, 0.5) is 8.78 Å². The van der Waals surface area contributed by atoms with E-state index in [-0.39, 0.29) is 23.5 Å². The molecule has 0 bridgehead atoms. The molecule has 0 amide bonds. The van der Waals surface area contributed by atoms with Gasteiger partial charge in [0.2, 0.25) is 0 Å². The zero-order valence-corrected chi connectivity index (χ0v) is 11.8. The fraction of sp³-hybridized carbons (Fsp3) is 0.118. The summed E-state index contributed by atoms with van der Waals surface area (Å²) in [6, 6.07) is 8.89. The van der Waals surface area contributed by atoms with Gasteiger partial charge in [-0.25, -0.2) is 13.6 Å². The molecule has 3 rings (SSSR count). The first-order valence-electron chi connectivity index (χ1n) is 6.73. The molecule has 0 spiro atoms. The number of hydrogen-bond acceptors (Lipinski definition) is 1. The van der Waals surface area contributed by atoms with E-state index < -0.39 is 11.8 Å². The number of fused-ring (bicyclic) bond motifs is 1. The van der Waals surface area contributed by atoms with Crippen molar-refractivity contribution in [3.05, 3.63) is 70.9 Å². The minimum Gasteiger partial charge on any atom is -0.478 e. The van der Waals surface area contributed by atoms with E-state index in [1.165, 1.54) is 24.3 Å². The number of aromatic carboxylic acids is 1. The summed E-state index contributed by atoms with van der Waals surface area (Å²) in [4.78, 5) is 11.0. The van der Waals surface area contributed by atoms with E-state index in [1.807, 2.05) is 0 Å². The van der Waals surface area contributed by atoms with Gasteiger partial charge in [-0.15, -0.1) is 0 Å². The average Bonchev–Trinajstić information content (AvgIpc) is 2.83. The SMILES string of the molecule is Cc1cc(F)cc2ccn(Cc3cccc(C(=O)O)c3F)c12. The maximum absolute atomic E-state index is 14.2. The van der Waals surface area contributed by atoms with Gasteiger partial charge in [0.15, 0.2) is 0 Å². The number of aryl methyl sites for hydroxylation is 1. The highest BCUT2D eigenvalue weighted by atomic mass is 19.1. The highest BCUT2D eigenvalue weighted by Crippen LogP contribution is 2.23. The minimum atomic E-state index is -1.30. The summed E-state index contributed by atoms with van der Waals surface area (Å²) in [5.74, 6) is -2.35. The van der Waals surface area contributed by atoms with Crippen molar-refractivity contribution in [2.75, 3.05) is 0 Å². The first kappa shape index (κ1) is 14.3. The predicted molar refractivity (Wildman–Crippen MR) is 79.1 cm³/mol. The Balaban J connectivity index is 2.08. The second-order valence-electron chi connectivity index (χ2n) is 5.19. The first-order chi connectivity index (χ1) is 10.5. The van der Waals surface area contributed by atoms with Crippen LogP contribution in [0, 0.1) is 18.6 Å². The number of carbonyl (C=O) groups is 1. The molecule has 0 fully saturated rings. The van der Waals surface area contributed by atoms with Crippen molar-refractivity contribution in [1.82, 2.24) is 4.57 Å². The van der Waals surface area contributed by atoms with E-state index in [4.69, 9.17) is 5.11 Å². The van der Waals surface area contributed by atoms with Crippen molar-refractivity contribution >= 4 is 16.9 Å². The zero-order valence-electron chi connectivity index (χ0n) is 11.8. The van der Waals surface area contributed by atoms with Crippen LogP contribution in [-0.2, 0) is 6.54 Å². The molecule has 0 aliphatic heterocycles. The molecular formula is C17H13F2NO2. The number of rotatable bonds is 3. The van der Waals surface area contributed by atoms with Crippen LogP contribution < -0.4 is 0 Å². The number of benzene rings is 2. The van der Waals surface area contributed by atoms with Gasteiger partial charge in [0.1, 0.15) is 11.6 Å². The van der Waals surface area contributed by atoms with E-state index in [0.29, 0.717) is 0 Å². The third-order valence-corrected chi connectivity index (χ3v) is 3.67. The van der Waals surface area contributed by atoms with Gasteiger partial charge in [0, 0.05) is 17.1 Å². The molecule has 112 valence electrons. The molecule has 0 aliphatic carbocycles. The largest absolute Gasteiger partial charge is 0.478 e. The van der Waals surface area contributed by atoms with Crippen LogP contribution in [-0.4, -0.2) is 15.6 Å². The van der Waals surface area contributed by atoms with Gasteiger partial charge >= 0.3 is 5.97 Å². The monoisotopic (exact) mass is 301 g/mol. The molecule has 0 atom stereocenters. The van der Waals surface area contributed by atoms with Crippen molar-refractivity contribution in [1.29, 1.82) is 0 Å². The maximum Gasteiger partial charge on any atom is 0.338 e. The average molecular weight is 301 g/mol. The summed E-state index contributed by atoms with van der Waals surface area (Å²) in [7, 11) is 0. The lowest BCUT2D eigenvalue weighted by Crippen LogP contribution is -2.07. The van der Waals surface area contributed by atoms with Gasteiger partial charge < -0.3 is 9.67 Å². The lowest BCUT2D eigenvalue weighted by molar-refractivity contribution is 0.0691. The summed E-state index contributed by atoms with van der Waals surface area (Å²) in [5.41, 5.74) is 1.48. The molecule has 2 aromatic carbocycles. The van der Waals surface area contributed by atoms with E-state index in [2.05, 4.69) is 0 Å². The van der Waals surface area contributed by atoms with Crippen LogP contribution in [0.15, 0.2) is 42.6 Å². The van der Waals surface area contributed by atoms with Gasteiger partial charge in [-0.05, 0) is 36.8 Å². The van der Waals surface area contributed by atoms with E-state index in [1.54, 1.807) is 29.8 Å². The topological polar surface area (TPSA) is 42.2 Å². The van der Waals surface area contributed by atoms with Crippen LogP contribution in [0.1, 0.15) is 21.5 Å². The smallest absolute Gasteiger partial charge is 0.338 e. The maximum atomic E-state index is 14.2. The number of hydrogen-bond donors (Lipinski definition) is 1. The van der Waals surface area contributed by atoms with Gasteiger partial charge in [-0.3, -0.25) is 0 Å². The van der Waals surface area contributed by atoms with Crippen LogP contribution in [0.2, 0.25) is 0 Å². The molecule has 5 heteroatoms. The predicted octanol–water partition coefficient (Wildman–Crippen LogP) is 3.97. The molecule has 0 saturated heterocycles. The zero-order chi connectivity index (χ0) is 15.9. The Bertz CT molecular complexity index is 884. The van der Waals surface area contributed by atoms with Crippen molar-refractivity contribution < 1.29 is 18.7 Å². The normalized spacial score (nSPS) is 11.0. The molecule has 3 nitrogen and oxygen atoms in total. The minimum absolute atomic E-state index is 0.183. The Morgan fingerprint density at radius 1 is 1.23 bits per heavy atom. The van der Waals surface area contributed by atoms with Crippen molar-refractivity contribution in [2.24, 2.45) is 0 Å². The van der Waals surface area contributed by atoms with Crippen molar-refractivity contribution in [3.8, 4) is 0 Å². The van der Waals surface area contributed by atoms with Crippen LogP contribution in [0.3, 0.4) is 0 Å². The summed E-state index contributed by atoms with van der Waals surface area (Å²) >= 11 is 0. The van der Waals surface area contributed by atoms with E-state index in [0.717, 1.165) is 16.5 Å². The summed E-state index contributed by atoms with van der Waals surface area (Å²) < 4.78 is 29.4. The number of nitrogens with zero attached hydrogens (tertiary/aromatic N) is 1. The van der Waals surface area contributed by atoms with Crippen molar-refractivity contribution in [2.45, 2.75) is 13.5 Å². The lowest BCUT2D eigenvalue weighted by Gasteiger charge is -2.10. The number of halogens is 2. The van der Waals surface area contributed by atoms with Crippen LogP contribution in [0.5, 0.6) is 0 Å². The molecule has 1 heterocycles. The fourth-order valence-corrected chi connectivity index (χ4v) is 2.71. The summed E-state index contributed by atoms with van der Waals surface area (Å²) in [6.45, 7) is 1.97. The van der Waals surface area contributed by atoms with Crippen molar-refractivity contribution in [3.63, 3.8) is 0 Å². The Morgan fingerprint density at radius 3 is 2.73 bits per heavy atom. The quantitative estimate of drug-likeness (QED) is 0.795. The van der Waals surface area contributed by atoms with E-state index in [9.17, 15) is 13.6 Å². The van der Waals surface area contributed by atoms with Gasteiger partial charge in [0.05, 0.1) is 17.6 Å². The standard InChI is InChI=1S/C17H13F2NO2/c1-10-7-13(18)8-11-5-6-20(16(10)11)9-12-3-2-4-14(15(12)19)17(21)22/h2-8H,9H2,1H3,(H,21,22). The third-order valence-electron chi connectivity index (χ3n) is 3.67. The molecule has 1 N–H and O–H groups in total. The molecule has 1 aromatic heterocycles. The Morgan fingerprint density at radius 2 is 2.00 bits per heavy atom. The second kappa shape index (κ2) is 5.26. The molecular weight excluding hydrogens is 288 g/mol. The third kappa shape index (κ3) is 2.35. The molecule has 0 radical (unpaired) electrons. The number of carboxylic acid groups (broad SMARTS) is 1. The molecule has 0 saturated carbocycles. The highest BCUT2D eigenvalue weighted by molar-refractivity contribution is 5.88. The Hall–Kier alpha value is -2.69. The summed E-state index contributed by atoms with van der Waals surface area (Å²) in [6.07, 6.45) is 1.74. The Labute approximate surface area is 125 Å². The molecule has 0 unspecified atom stereocenters. The van der Waals surface area contributed by atoms with Gasteiger partial charge in [0.25, 0.3) is 0 Å². The Kier molecular flexibility index (Phi) is 3.41. The number of aromatic nitrogens is 1. The highest BCUT2D eigenvalue weighted by Gasteiger charge is 2.15. The van der Waals surface area contributed by atoms with Crippen LogP contribution >= 0.6 is 0 Å². The first-order valence-corrected chi connectivity index (χ1v) is 6.73. The molecule has 0 aliphatic rings.